The summed E-state index contributed by atoms with van der Waals surface area (Å²) < 4.78 is 34.4. The molecule has 0 aliphatic carbocycles. The van der Waals surface area contributed by atoms with E-state index in [4.69, 9.17) is 28.4 Å². The molecule has 0 radical (unpaired) electrons. The van der Waals surface area contributed by atoms with E-state index in [2.05, 4.69) is 129 Å². The molecule has 19 nitrogen and oxygen atoms in total. The van der Waals surface area contributed by atoms with Gasteiger partial charge in [-0.15, -0.1) is 0 Å². The predicted molar refractivity (Wildman–Crippen MR) is 424 cm³/mol. The van der Waals surface area contributed by atoms with E-state index >= 15 is 0 Å². The Morgan fingerprint density at radius 2 is 0.660 bits per heavy atom. The summed E-state index contributed by atoms with van der Waals surface area (Å²) in [6.07, 6.45) is 66.1. The number of amides is 1. The number of allylic oxidation sites excluding steroid dienone is 19. The number of nitrogens with one attached hydrogen (secondary N) is 1. The third-order valence-corrected chi connectivity index (χ3v) is 20.0. The minimum absolute atomic E-state index is 0.226. The van der Waals surface area contributed by atoms with Crippen molar-refractivity contribution < 1.29 is 89.4 Å². The Kier molecular flexibility index (Phi) is 59.9. The first kappa shape index (κ1) is 96.4. The zero-order valence-electron chi connectivity index (χ0n) is 65.4. The van der Waals surface area contributed by atoms with E-state index in [0.717, 1.165) is 103 Å². The highest BCUT2D eigenvalue weighted by Crippen LogP contribution is 2.33. The van der Waals surface area contributed by atoms with Gasteiger partial charge in [0, 0.05) is 6.42 Å². The second-order valence-corrected chi connectivity index (χ2v) is 29.2. The number of hydrogen-bond acceptors (Lipinski definition) is 18. The fourth-order valence-electron chi connectivity index (χ4n) is 13.3. The zero-order valence-corrected chi connectivity index (χ0v) is 65.4. The molecule has 17 unspecified atom stereocenters. The maximum absolute atomic E-state index is 13.5. The van der Waals surface area contributed by atoms with Gasteiger partial charge in [-0.1, -0.05) is 302 Å². The molecular formula is C87H149NO18. The molecule has 3 rings (SSSR count). The van der Waals surface area contributed by atoms with Crippen LogP contribution in [-0.4, -0.2) is 193 Å². The molecule has 0 aromatic heterocycles. The van der Waals surface area contributed by atoms with Crippen LogP contribution in [0.25, 0.3) is 0 Å². The van der Waals surface area contributed by atoms with E-state index < -0.39 is 124 Å². The molecule has 19 heteroatoms. The lowest BCUT2D eigenvalue weighted by Gasteiger charge is -2.48. The molecule has 106 heavy (non-hydrogen) atoms. The Labute approximate surface area is 639 Å². The molecular weight excluding hydrogens is 1350 g/mol. The SMILES string of the molecule is CC/C=C\C/C=C\C/C=C\C/C=C\C/C=C\C/C=C\C/C=C\CCCCCCCCCCCCCCCCCC(=O)NC(COC1OC(CO)C(OC2OC(CO)C(OC3OC(CO)C(O)C(O)C3O)C(O)C2O)C(O)C1O)C(O)/C=C/CC/C=C/CC/C=C/CCCCCCCCCCCCCCCC. The molecule has 0 spiro atoms. The van der Waals surface area contributed by atoms with Crippen LogP contribution in [0.4, 0.5) is 0 Å². The van der Waals surface area contributed by atoms with Gasteiger partial charge in [-0.3, -0.25) is 4.79 Å². The molecule has 3 saturated heterocycles. The van der Waals surface area contributed by atoms with E-state index in [1.54, 1.807) is 6.08 Å². The van der Waals surface area contributed by atoms with E-state index in [0.29, 0.717) is 12.8 Å². The molecule has 12 N–H and O–H groups in total. The Morgan fingerprint density at radius 1 is 0.349 bits per heavy atom. The fraction of sp³-hybridized carbons (Fsp3) is 0.759. The van der Waals surface area contributed by atoms with Gasteiger partial charge in [0.15, 0.2) is 18.9 Å². The average molecular weight is 1500 g/mol. The van der Waals surface area contributed by atoms with Crippen molar-refractivity contribution in [3.05, 3.63) is 122 Å². The minimum atomic E-state index is -1.99. The summed E-state index contributed by atoms with van der Waals surface area (Å²) in [7, 11) is 0. The van der Waals surface area contributed by atoms with E-state index in [1.807, 2.05) is 6.08 Å². The van der Waals surface area contributed by atoms with Gasteiger partial charge in [0.25, 0.3) is 0 Å². The molecule has 0 aromatic carbocycles. The standard InChI is InChI=1S/C87H149NO18/c1-3-5-7-9-11-13-15-17-19-21-23-25-27-29-30-31-32-33-34-35-36-37-38-39-40-41-43-45-47-49-51-53-55-57-59-61-63-65-75(93)88-70(71(92)64-62-60-58-56-54-52-50-48-46-44-42-28-26-24-22-20-18-16-14-12-10-8-6-4-2)69-101-85-81(99)78(96)83(73(67-90)103-85)106-87-82(100)79(97)84(74(68-91)104-87)105-86-80(98)77(95)76(94)72(66-89)102-86/h5,7,11,13,17,19,23,25,29-30,32-33,35-36,46,48,54,56,62,64,70-74,76-87,89-92,94-100H,3-4,6,8-10,12,14-16,18,20-22,24,26-28,31,34,37-45,47,49-53,55,57-61,63,65-69H2,1-2H3,(H,88,93)/b7-5-,13-11-,19-17-,25-23-,30-29-,33-32-,36-35-,48-46+,56-54+,64-62+. The Morgan fingerprint density at radius 3 is 1.06 bits per heavy atom. The number of hydrogen-bond donors (Lipinski definition) is 12. The molecule has 0 saturated carbocycles. The van der Waals surface area contributed by atoms with Crippen molar-refractivity contribution in [1.82, 2.24) is 5.32 Å². The van der Waals surface area contributed by atoms with Crippen LogP contribution in [0.3, 0.4) is 0 Å². The first-order valence-corrected chi connectivity index (χ1v) is 41.8. The van der Waals surface area contributed by atoms with Crippen LogP contribution < -0.4 is 5.32 Å². The Hall–Kier alpha value is -3.81. The van der Waals surface area contributed by atoms with Crippen LogP contribution in [0, 0.1) is 0 Å². The third-order valence-electron chi connectivity index (χ3n) is 20.0. The van der Waals surface area contributed by atoms with Crippen LogP contribution in [0.15, 0.2) is 122 Å². The van der Waals surface area contributed by atoms with Crippen molar-refractivity contribution in [1.29, 1.82) is 0 Å². The van der Waals surface area contributed by atoms with Crippen LogP contribution in [0.1, 0.15) is 290 Å². The Balaban J connectivity index is 1.36. The van der Waals surface area contributed by atoms with Crippen LogP contribution in [0.2, 0.25) is 0 Å². The smallest absolute Gasteiger partial charge is 0.220 e. The molecule has 17 atom stereocenters. The van der Waals surface area contributed by atoms with Gasteiger partial charge >= 0.3 is 0 Å². The predicted octanol–water partition coefficient (Wildman–Crippen LogP) is 14.7. The highest BCUT2D eigenvalue weighted by Gasteiger charge is 2.54. The number of rotatable bonds is 65. The minimum Gasteiger partial charge on any atom is -0.394 e. The maximum Gasteiger partial charge on any atom is 0.220 e. The number of aliphatic hydroxyl groups is 11. The third kappa shape index (κ3) is 44.9. The topological polar surface area (TPSA) is 307 Å². The van der Waals surface area contributed by atoms with Crippen molar-refractivity contribution in [3.63, 3.8) is 0 Å². The summed E-state index contributed by atoms with van der Waals surface area (Å²) in [6, 6.07) is -1.01. The second-order valence-electron chi connectivity index (χ2n) is 29.2. The lowest BCUT2D eigenvalue weighted by Crippen LogP contribution is -2.66. The first-order chi connectivity index (χ1) is 51.8. The lowest BCUT2D eigenvalue weighted by molar-refractivity contribution is -0.379. The molecule has 0 aromatic rings. The normalized spacial score (nSPS) is 26.3. The fourth-order valence-corrected chi connectivity index (χ4v) is 13.3. The van der Waals surface area contributed by atoms with Crippen molar-refractivity contribution in [2.75, 3.05) is 26.4 Å². The van der Waals surface area contributed by atoms with Crippen molar-refractivity contribution in [2.45, 2.75) is 394 Å². The molecule has 3 fully saturated rings. The highest BCUT2D eigenvalue weighted by atomic mass is 16.8. The quantitative estimate of drug-likeness (QED) is 0.0199. The van der Waals surface area contributed by atoms with Crippen LogP contribution >= 0.6 is 0 Å². The number of aliphatic hydroxyl groups excluding tert-OH is 11. The molecule has 3 heterocycles. The molecule has 610 valence electrons. The zero-order chi connectivity index (χ0) is 76.7. The van der Waals surface area contributed by atoms with E-state index in [9.17, 15) is 61.0 Å². The summed E-state index contributed by atoms with van der Waals surface area (Å²) in [5, 5.41) is 121. The van der Waals surface area contributed by atoms with Gasteiger partial charge in [-0.2, -0.15) is 0 Å². The van der Waals surface area contributed by atoms with Crippen molar-refractivity contribution in [2.24, 2.45) is 0 Å². The number of carbonyl (C=O) groups is 1. The van der Waals surface area contributed by atoms with Gasteiger partial charge in [-0.05, 0) is 103 Å². The van der Waals surface area contributed by atoms with Crippen molar-refractivity contribution in [3.8, 4) is 0 Å². The van der Waals surface area contributed by atoms with Gasteiger partial charge in [-0.25, -0.2) is 0 Å². The first-order valence-electron chi connectivity index (χ1n) is 41.8. The van der Waals surface area contributed by atoms with Crippen LogP contribution in [0.5, 0.6) is 0 Å². The molecule has 3 aliphatic rings. The van der Waals surface area contributed by atoms with Gasteiger partial charge in [0.2, 0.25) is 5.91 Å². The van der Waals surface area contributed by atoms with E-state index in [1.165, 1.54) is 154 Å². The largest absolute Gasteiger partial charge is 0.394 e. The Bertz CT molecular complexity index is 2390. The second kappa shape index (κ2) is 65.9. The van der Waals surface area contributed by atoms with Crippen LogP contribution in [-0.2, 0) is 33.2 Å². The summed E-state index contributed by atoms with van der Waals surface area (Å²) >= 11 is 0. The molecule has 0 bridgehead atoms. The summed E-state index contributed by atoms with van der Waals surface area (Å²) in [6.45, 7) is 1.61. The summed E-state index contributed by atoms with van der Waals surface area (Å²) in [4.78, 5) is 13.5. The van der Waals surface area contributed by atoms with Crippen molar-refractivity contribution >= 4 is 5.91 Å². The van der Waals surface area contributed by atoms with E-state index in [-0.39, 0.29) is 18.9 Å². The monoisotopic (exact) mass is 1500 g/mol. The van der Waals surface area contributed by atoms with Gasteiger partial charge in [0.1, 0.15) is 73.2 Å². The average Bonchev–Trinajstić information content (AvgIpc) is 0.780. The molecule has 1 amide bonds. The number of ether oxygens (including phenoxy) is 6. The lowest BCUT2D eigenvalue weighted by atomic mass is 9.96. The maximum atomic E-state index is 13.5. The number of unbranched alkanes of at least 4 members (excludes halogenated alkanes) is 31. The highest BCUT2D eigenvalue weighted by molar-refractivity contribution is 5.76. The summed E-state index contributed by atoms with van der Waals surface area (Å²) in [5.41, 5.74) is 0. The number of carbonyl (C=O) groups excluding carboxylic acids is 1. The van der Waals surface area contributed by atoms with Gasteiger partial charge < -0.3 is 89.9 Å². The van der Waals surface area contributed by atoms with Gasteiger partial charge in [0.05, 0.1) is 38.6 Å². The molecule has 3 aliphatic heterocycles. The summed E-state index contributed by atoms with van der Waals surface area (Å²) in [5.74, 6) is -0.291.